The van der Waals surface area contributed by atoms with Crippen LogP contribution in [-0.4, -0.2) is 37.6 Å². The number of aryl methyl sites for hydroxylation is 1. The smallest absolute Gasteiger partial charge is 0.257 e. The highest BCUT2D eigenvalue weighted by Gasteiger charge is 2.17. The Kier molecular flexibility index (Phi) is 4.17. The van der Waals surface area contributed by atoms with Gasteiger partial charge in [0.1, 0.15) is 5.82 Å². The molecule has 0 unspecified atom stereocenters. The summed E-state index contributed by atoms with van der Waals surface area (Å²) in [6.45, 7) is 1.90. The van der Waals surface area contributed by atoms with Crippen molar-refractivity contribution in [2.45, 2.75) is 6.92 Å². The third-order valence-electron chi connectivity index (χ3n) is 3.16. The molecule has 0 fully saturated rings. The van der Waals surface area contributed by atoms with E-state index in [1.54, 1.807) is 12.3 Å². The number of isocyanates is 1. The number of tetrazole rings is 1. The molecule has 2 heterocycles. The fraction of sp³-hybridized carbons (Fsp3) is 0.0667. The number of anilines is 1. The lowest BCUT2D eigenvalue weighted by Gasteiger charge is -2.08. The summed E-state index contributed by atoms with van der Waals surface area (Å²) in [4.78, 5) is 30.6. The molecular weight excluding hydrogens is 310 g/mol. The molecule has 118 valence electrons. The molecule has 3 rings (SSSR count). The Morgan fingerprint density at radius 1 is 1.29 bits per heavy atom. The maximum absolute atomic E-state index is 12.5. The number of nitrogens with one attached hydrogen (secondary N) is 2. The van der Waals surface area contributed by atoms with Gasteiger partial charge in [-0.05, 0) is 42.0 Å². The Balaban J connectivity index is 1.98. The predicted molar refractivity (Wildman–Crippen MR) is 84.3 cm³/mol. The lowest BCUT2D eigenvalue weighted by Crippen LogP contribution is -2.14. The maximum atomic E-state index is 12.5. The highest BCUT2D eigenvalue weighted by Crippen LogP contribution is 2.26. The molecule has 9 heteroatoms. The van der Waals surface area contributed by atoms with Crippen molar-refractivity contribution in [3.8, 4) is 11.4 Å². The Labute approximate surface area is 135 Å². The third kappa shape index (κ3) is 3.21. The molecule has 0 aliphatic heterocycles. The quantitative estimate of drug-likeness (QED) is 0.557. The summed E-state index contributed by atoms with van der Waals surface area (Å²) >= 11 is 0. The number of rotatable bonds is 4. The molecule has 0 spiro atoms. The monoisotopic (exact) mass is 321 g/mol. The maximum Gasteiger partial charge on any atom is 0.257 e. The Hall–Kier alpha value is -3.71. The number of aromatic nitrogens is 5. The number of hydrogen-bond donors (Lipinski definition) is 2. The van der Waals surface area contributed by atoms with Crippen LogP contribution in [0.4, 0.5) is 11.5 Å². The lowest BCUT2D eigenvalue weighted by atomic mass is 10.1. The molecular formula is C15H11N7O2. The number of amides is 1. The first-order chi connectivity index (χ1) is 11.7. The van der Waals surface area contributed by atoms with E-state index in [0.29, 0.717) is 22.6 Å². The van der Waals surface area contributed by atoms with Crippen LogP contribution in [0.3, 0.4) is 0 Å². The van der Waals surface area contributed by atoms with Gasteiger partial charge in [-0.15, -0.1) is 10.2 Å². The summed E-state index contributed by atoms with van der Waals surface area (Å²) in [7, 11) is 0. The second-order valence-corrected chi connectivity index (χ2v) is 4.84. The van der Waals surface area contributed by atoms with Crippen LogP contribution < -0.4 is 5.32 Å². The van der Waals surface area contributed by atoms with Crippen molar-refractivity contribution >= 4 is 23.5 Å². The minimum absolute atomic E-state index is 0.208. The van der Waals surface area contributed by atoms with Crippen molar-refractivity contribution < 1.29 is 9.59 Å². The topological polar surface area (TPSA) is 126 Å². The van der Waals surface area contributed by atoms with Crippen LogP contribution in [0.2, 0.25) is 0 Å². The van der Waals surface area contributed by atoms with E-state index < -0.39 is 5.91 Å². The molecule has 0 saturated carbocycles. The van der Waals surface area contributed by atoms with Crippen LogP contribution in [0.15, 0.2) is 41.5 Å². The number of benzene rings is 1. The van der Waals surface area contributed by atoms with E-state index in [0.717, 1.165) is 5.56 Å². The molecule has 0 bridgehead atoms. The van der Waals surface area contributed by atoms with Crippen molar-refractivity contribution in [3.05, 3.63) is 47.7 Å². The number of carbonyl (C=O) groups excluding carboxylic acids is 2. The highest BCUT2D eigenvalue weighted by molar-refractivity contribution is 6.08. The van der Waals surface area contributed by atoms with Crippen LogP contribution in [0.1, 0.15) is 15.9 Å². The van der Waals surface area contributed by atoms with E-state index in [2.05, 4.69) is 35.9 Å². The molecule has 9 nitrogen and oxygen atoms in total. The zero-order chi connectivity index (χ0) is 16.9. The first-order valence-electron chi connectivity index (χ1n) is 6.87. The predicted octanol–water partition coefficient (Wildman–Crippen LogP) is 1.79. The fourth-order valence-corrected chi connectivity index (χ4v) is 2.04. The van der Waals surface area contributed by atoms with Gasteiger partial charge in [0.15, 0.2) is 0 Å². The van der Waals surface area contributed by atoms with Crippen LogP contribution in [0.25, 0.3) is 11.4 Å². The number of hydrogen-bond acceptors (Lipinski definition) is 7. The normalized spacial score (nSPS) is 10.0. The van der Waals surface area contributed by atoms with Crippen LogP contribution in [0.5, 0.6) is 0 Å². The van der Waals surface area contributed by atoms with Crippen LogP contribution in [-0.2, 0) is 4.79 Å². The molecule has 0 aliphatic carbocycles. The summed E-state index contributed by atoms with van der Waals surface area (Å²) in [6.07, 6.45) is 3.10. The molecule has 3 aromatic rings. The molecule has 2 aromatic heterocycles. The summed E-state index contributed by atoms with van der Waals surface area (Å²) in [6, 6.07) is 8.08. The fourth-order valence-electron chi connectivity index (χ4n) is 2.04. The number of pyridine rings is 1. The van der Waals surface area contributed by atoms with E-state index in [4.69, 9.17) is 0 Å². The first kappa shape index (κ1) is 15.2. The van der Waals surface area contributed by atoms with E-state index in [9.17, 15) is 9.59 Å². The van der Waals surface area contributed by atoms with Gasteiger partial charge in [0, 0.05) is 11.8 Å². The van der Waals surface area contributed by atoms with Gasteiger partial charge in [0.05, 0.1) is 11.3 Å². The number of nitrogens with zero attached hydrogens (tertiary/aromatic N) is 5. The molecule has 0 radical (unpaired) electrons. The van der Waals surface area contributed by atoms with Crippen molar-refractivity contribution in [2.24, 2.45) is 4.99 Å². The van der Waals surface area contributed by atoms with Crippen molar-refractivity contribution in [2.75, 3.05) is 5.32 Å². The molecule has 0 atom stereocenters. The lowest BCUT2D eigenvalue weighted by molar-refractivity contribution is 0.102. The molecule has 24 heavy (non-hydrogen) atoms. The van der Waals surface area contributed by atoms with E-state index in [-0.39, 0.29) is 5.82 Å². The zero-order valence-electron chi connectivity index (χ0n) is 12.5. The SMILES string of the molecule is Cc1ccc(NC(=O)c2ccc(N=C=O)cc2-c2nn[nH]n2)nc1. The highest BCUT2D eigenvalue weighted by atomic mass is 16.1. The second kappa shape index (κ2) is 6.59. The van der Waals surface area contributed by atoms with Gasteiger partial charge in [-0.2, -0.15) is 10.2 Å². The second-order valence-electron chi connectivity index (χ2n) is 4.84. The Morgan fingerprint density at radius 2 is 2.17 bits per heavy atom. The van der Waals surface area contributed by atoms with E-state index >= 15 is 0 Å². The first-order valence-corrected chi connectivity index (χ1v) is 6.87. The number of carbonyl (C=O) groups is 1. The largest absolute Gasteiger partial charge is 0.307 e. The summed E-state index contributed by atoms with van der Waals surface area (Å²) < 4.78 is 0. The third-order valence-corrected chi connectivity index (χ3v) is 3.16. The van der Waals surface area contributed by atoms with Crippen molar-refractivity contribution in [1.82, 2.24) is 25.6 Å². The van der Waals surface area contributed by atoms with Gasteiger partial charge in [0.25, 0.3) is 5.91 Å². The Morgan fingerprint density at radius 3 is 2.83 bits per heavy atom. The summed E-state index contributed by atoms with van der Waals surface area (Å²) in [5.41, 5.74) is 1.99. The summed E-state index contributed by atoms with van der Waals surface area (Å²) in [5.74, 6) is 0.229. The molecule has 0 aliphatic rings. The zero-order valence-corrected chi connectivity index (χ0v) is 12.5. The van der Waals surface area contributed by atoms with Crippen molar-refractivity contribution in [3.63, 3.8) is 0 Å². The van der Waals surface area contributed by atoms with Crippen LogP contribution >= 0.6 is 0 Å². The molecule has 1 aromatic carbocycles. The van der Waals surface area contributed by atoms with Gasteiger partial charge in [-0.1, -0.05) is 6.07 Å². The van der Waals surface area contributed by atoms with Gasteiger partial charge in [-0.3, -0.25) is 4.79 Å². The molecule has 0 saturated heterocycles. The van der Waals surface area contributed by atoms with Gasteiger partial charge >= 0.3 is 0 Å². The van der Waals surface area contributed by atoms with Crippen LogP contribution in [0, 0.1) is 6.92 Å². The summed E-state index contributed by atoms with van der Waals surface area (Å²) in [5, 5.41) is 16.2. The standard InChI is InChI=1S/C15H11N7O2/c1-9-2-5-13(16-7-9)18-15(24)11-4-3-10(17-8-23)6-12(11)14-19-21-22-20-14/h2-7H,1H3,(H,16,18,24)(H,19,20,21,22). The van der Waals surface area contributed by atoms with E-state index in [1.165, 1.54) is 24.3 Å². The van der Waals surface area contributed by atoms with Gasteiger partial charge in [0.2, 0.25) is 11.9 Å². The average molecular weight is 321 g/mol. The van der Waals surface area contributed by atoms with E-state index in [1.807, 2.05) is 13.0 Å². The minimum Gasteiger partial charge on any atom is -0.307 e. The average Bonchev–Trinajstić information content (AvgIpc) is 3.11. The number of H-pyrrole nitrogens is 1. The van der Waals surface area contributed by atoms with Gasteiger partial charge < -0.3 is 5.32 Å². The van der Waals surface area contributed by atoms with Crippen molar-refractivity contribution in [1.29, 1.82) is 0 Å². The van der Waals surface area contributed by atoms with Gasteiger partial charge in [-0.25, -0.2) is 9.78 Å². The Bertz CT molecular complexity index is 914. The molecule has 1 amide bonds. The number of aliphatic imine (C=N–C) groups is 1. The number of aromatic amines is 1. The molecule has 2 N–H and O–H groups in total. The minimum atomic E-state index is -0.396.